The molecule has 0 aromatic heterocycles. The van der Waals surface area contributed by atoms with Crippen molar-refractivity contribution in [2.45, 2.75) is 6.92 Å². The van der Waals surface area contributed by atoms with Crippen LogP contribution in [0.3, 0.4) is 0 Å². The highest BCUT2D eigenvalue weighted by atomic mass is 16.7. The average molecular weight is 207 g/mol. The van der Waals surface area contributed by atoms with Gasteiger partial charge in [-0.25, -0.2) is 5.48 Å². The van der Waals surface area contributed by atoms with Crippen LogP contribution in [0.25, 0.3) is 0 Å². The van der Waals surface area contributed by atoms with Crippen molar-refractivity contribution in [3.05, 3.63) is 30.3 Å². The normalized spacial score (nSPS) is 11.2. The first-order valence-electron chi connectivity index (χ1n) is 4.68. The third-order valence-corrected chi connectivity index (χ3v) is 1.69. The highest BCUT2D eigenvalue weighted by Gasteiger charge is 2.16. The lowest BCUT2D eigenvalue weighted by Crippen LogP contribution is -2.43. The fourth-order valence-corrected chi connectivity index (χ4v) is 1.00. The highest BCUT2D eigenvalue weighted by Crippen LogP contribution is 1.86. The minimum atomic E-state index is -1.06. The molecule has 5 nitrogen and oxygen atoms in total. The van der Waals surface area contributed by atoms with E-state index in [-0.39, 0.29) is 5.96 Å². The Morgan fingerprint density at radius 1 is 1.53 bits per heavy atom. The van der Waals surface area contributed by atoms with E-state index in [1.807, 2.05) is 25.1 Å². The minimum Gasteiger partial charge on any atom is -0.422 e. The van der Waals surface area contributed by atoms with Gasteiger partial charge in [-0.05, 0) is 12.4 Å². The lowest BCUT2D eigenvalue weighted by Gasteiger charge is -2.08. The number of hydrogen-bond acceptors (Lipinski definition) is 3. The number of benzene rings is 1. The summed E-state index contributed by atoms with van der Waals surface area (Å²) in [5.74, 6) is 0.146. The summed E-state index contributed by atoms with van der Waals surface area (Å²) < 4.78 is 4.89. The third-order valence-electron chi connectivity index (χ3n) is 1.69. The molecule has 0 heterocycles. The maximum Gasteiger partial charge on any atom is 0.514 e. The SMILES string of the molecule is CCN=C(N)NOB(O)c1ccccc1. The Bertz CT molecular complexity index is 318. The van der Waals surface area contributed by atoms with Gasteiger partial charge in [-0.3, -0.25) is 9.75 Å². The van der Waals surface area contributed by atoms with Crippen LogP contribution in [0.5, 0.6) is 0 Å². The van der Waals surface area contributed by atoms with Crippen molar-refractivity contribution in [2.24, 2.45) is 10.7 Å². The van der Waals surface area contributed by atoms with Gasteiger partial charge in [0.1, 0.15) is 0 Å². The van der Waals surface area contributed by atoms with E-state index in [1.165, 1.54) is 0 Å². The van der Waals surface area contributed by atoms with E-state index in [2.05, 4.69) is 10.5 Å². The zero-order chi connectivity index (χ0) is 11.1. The van der Waals surface area contributed by atoms with Crippen molar-refractivity contribution >= 4 is 18.5 Å². The van der Waals surface area contributed by atoms with Crippen molar-refractivity contribution in [1.29, 1.82) is 0 Å². The Hall–Kier alpha value is -1.53. The number of guanidine groups is 1. The van der Waals surface area contributed by atoms with Crippen molar-refractivity contribution < 1.29 is 9.78 Å². The van der Waals surface area contributed by atoms with Gasteiger partial charge in [-0.1, -0.05) is 30.3 Å². The monoisotopic (exact) mass is 207 g/mol. The summed E-state index contributed by atoms with van der Waals surface area (Å²) in [5, 5.41) is 9.54. The van der Waals surface area contributed by atoms with Gasteiger partial charge in [0.2, 0.25) is 5.96 Å². The van der Waals surface area contributed by atoms with Crippen LogP contribution in [0, 0.1) is 0 Å². The molecule has 0 fully saturated rings. The summed E-state index contributed by atoms with van der Waals surface area (Å²) in [7, 11) is -1.06. The standard InChI is InChI=1S/C9H14BN3O2/c1-2-12-9(11)13-15-10(14)8-6-4-3-5-7-8/h3-7,14H,2H2,1H3,(H3,11,12,13). The molecule has 0 amide bonds. The highest BCUT2D eigenvalue weighted by molar-refractivity contribution is 6.59. The summed E-state index contributed by atoms with van der Waals surface area (Å²) >= 11 is 0. The van der Waals surface area contributed by atoms with Crippen LogP contribution < -0.4 is 16.7 Å². The maximum atomic E-state index is 9.54. The molecule has 1 aromatic carbocycles. The zero-order valence-corrected chi connectivity index (χ0v) is 8.55. The van der Waals surface area contributed by atoms with Gasteiger partial charge < -0.3 is 10.8 Å². The molecular formula is C9H14BN3O2. The van der Waals surface area contributed by atoms with Crippen LogP contribution in [0.15, 0.2) is 35.3 Å². The van der Waals surface area contributed by atoms with E-state index in [9.17, 15) is 5.02 Å². The fraction of sp³-hybridized carbons (Fsp3) is 0.222. The molecule has 0 aliphatic rings. The van der Waals surface area contributed by atoms with Crippen LogP contribution >= 0.6 is 0 Å². The van der Waals surface area contributed by atoms with Crippen molar-refractivity contribution in [3.8, 4) is 0 Å². The quantitative estimate of drug-likeness (QED) is 0.262. The lowest BCUT2D eigenvalue weighted by molar-refractivity contribution is 0.220. The molecule has 0 saturated heterocycles. The summed E-state index contributed by atoms with van der Waals surface area (Å²) in [5.41, 5.74) is 8.42. The van der Waals surface area contributed by atoms with E-state index >= 15 is 0 Å². The van der Waals surface area contributed by atoms with Crippen LogP contribution in [0.4, 0.5) is 0 Å². The first kappa shape index (κ1) is 11.5. The smallest absolute Gasteiger partial charge is 0.422 e. The number of hydroxylamine groups is 1. The number of hydrogen-bond donors (Lipinski definition) is 3. The zero-order valence-electron chi connectivity index (χ0n) is 8.55. The van der Waals surface area contributed by atoms with Gasteiger partial charge in [-0.2, -0.15) is 0 Å². The fourth-order valence-electron chi connectivity index (χ4n) is 1.00. The van der Waals surface area contributed by atoms with Crippen LogP contribution in [0.1, 0.15) is 6.92 Å². The van der Waals surface area contributed by atoms with Crippen molar-refractivity contribution in [1.82, 2.24) is 5.48 Å². The van der Waals surface area contributed by atoms with E-state index in [0.717, 1.165) is 0 Å². The number of rotatable bonds is 4. The van der Waals surface area contributed by atoms with Gasteiger partial charge in [0.25, 0.3) is 0 Å². The molecule has 0 spiro atoms. The largest absolute Gasteiger partial charge is 0.514 e. The van der Waals surface area contributed by atoms with Gasteiger partial charge in [0.15, 0.2) is 0 Å². The predicted molar refractivity (Wildman–Crippen MR) is 60.4 cm³/mol. The molecule has 1 rings (SSSR count). The molecule has 1 aromatic rings. The Labute approximate surface area is 89.1 Å². The summed E-state index contributed by atoms with van der Waals surface area (Å²) in [4.78, 5) is 3.84. The molecule has 15 heavy (non-hydrogen) atoms. The molecule has 0 atom stereocenters. The molecule has 4 N–H and O–H groups in total. The number of nitrogens with two attached hydrogens (primary N) is 1. The van der Waals surface area contributed by atoms with E-state index in [0.29, 0.717) is 12.0 Å². The summed E-state index contributed by atoms with van der Waals surface area (Å²) in [6.07, 6.45) is 0. The van der Waals surface area contributed by atoms with Gasteiger partial charge in [0.05, 0.1) is 0 Å². The molecule has 6 heteroatoms. The Balaban J connectivity index is 2.43. The van der Waals surface area contributed by atoms with Crippen LogP contribution in [-0.2, 0) is 4.76 Å². The first-order valence-corrected chi connectivity index (χ1v) is 4.68. The number of aliphatic imine (C=N–C) groups is 1. The van der Waals surface area contributed by atoms with E-state index in [4.69, 9.17) is 10.5 Å². The summed E-state index contributed by atoms with van der Waals surface area (Å²) in [6.45, 7) is 2.41. The van der Waals surface area contributed by atoms with Crippen LogP contribution in [0.2, 0.25) is 0 Å². The summed E-state index contributed by atoms with van der Waals surface area (Å²) in [6, 6.07) is 8.98. The Morgan fingerprint density at radius 2 is 2.20 bits per heavy atom. The van der Waals surface area contributed by atoms with Crippen molar-refractivity contribution in [3.63, 3.8) is 0 Å². The second kappa shape index (κ2) is 6.05. The second-order valence-corrected chi connectivity index (χ2v) is 2.84. The molecule has 0 radical (unpaired) electrons. The van der Waals surface area contributed by atoms with Gasteiger partial charge >= 0.3 is 7.12 Å². The van der Waals surface area contributed by atoms with E-state index < -0.39 is 7.12 Å². The van der Waals surface area contributed by atoms with Crippen molar-refractivity contribution in [2.75, 3.05) is 6.54 Å². The number of nitrogens with zero attached hydrogens (tertiary/aromatic N) is 1. The molecule has 0 bridgehead atoms. The Kier molecular flexibility index (Phi) is 4.66. The van der Waals surface area contributed by atoms with Gasteiger partial charge in [0, 0.05) is 6.54 Å². The third kappa shape index (κ3) is 4.01. The molecule has 0 saturated carbocycles. The molecule has 0 unspecified atom stereocenters. The average Bonchev–Trinajstić information content (AvgIpc) is 2.27. The predicted octanol–water partition coefficient (Wildman–Crippen LogP) is -0.770. The maximum absolute atomic E-state index is 9.54. The molecule has 0 aliphatic heterocycles. The van der Waals surface area contributed by atoms with Gasteiger partial charge in [-0.15, -0.1) is 0 Å². The van der Waals surface area contributed by atoms with E-state index in [1.54, 1.807) is 12.1 Å². The molecule has 80 valence electrons. The van der Waals surface area contributed by atoms with Crippen LogP contribution in [-0.4, -0.2) is 24.6 Å². The second-order valence-electron chi connectivity index (χ2n) is 2.84. The first-order chi connectivity index (χ1) is 7.24. The number of nitrogens with one attached hydrogen (secondary N) is 1. The minimum absolute atomic E-state index is 0.146. The molecule has 0 aliphatic carbocycles. The molecular weight excluding hydrogens is 193 g/mol. The lowest BCUT2D eigenvalue weighted by atomic mass is 9.80. The Morgan fingerprint density at radius 3 is 2.80 bits per heavy atom. The topological polar surface area (TPSA) is 79.9 Å².